The van der Waals surface area contributed by atoms with E-state index in [1.807, 2.05) is 6.92 Å². The fraction of sp³-hybridized carbons (Fsp3) is 0.333. The van der Waals surface area contributed by atoms with Crippen molar-refractivity contribution in [2.75, 3.05) is 0 Å². The number of carbonyl (C=O) groups excluding carboxylic acids is 1. The van der Waals surface area contributed by atoms with Gasteiger partial charge in [0.15, 0.2) is 6.61 Å². The zero-order chi connectivity index (χ0) is 20.5. The number of aryl methyl sites for hydroxylation is 2. The molecule has 7 nitrogen and oxygen atoms in total. The zero-order valence-electron chi connectivity index (χ0n) is 15.4. The molecule has 0 aliphatic carbocycles. The highest BCUT2D eigenvalue weighted by Gasteiger charge is 2.30. The maximum atomic E-state index is 12.8. The number of ether oxygens (including phenoxy) is 1. The van der Waals surface area contributed by atoms with Gasteiger partial charge in [-0.05, 0) is 26.0 Å². The molecule has 0 saturated carbocycles. The zero-order valence-corrected chi connectivity index (χ0v) is 15.4. The summed E-state index contributed by atoms with van der Waals surface area (Å²) < 4.78 is 50.2. The van der Waals surface area contributed by atoms with Crippen molar-refractivity contribution < 1.29 is 27.2 Å². The Kier molecular flexibility index (Phi) is 5.21. The molecule has 3 aromatic rings. The second-order valence-electron chi connectivity index (χ2n) is 6.20. The Balaban J connectivity index is 1.64. The molecule has 0 fully saturated rings. The highest BCUT2D eigenvalue weighted by Crippen LogP contribution is 2.31. The van der Waals surface area contributed by atoms with Crippen LogP contribution >= 0.6 is 0 Å². The van der Waals surface area contributed by atoms with Crippen LogP contribution in [0.1, 0.15) is 28.4 Å². The smallest absolute Gasteiger partial charge is 0.416 e. The first-order chi connectivity index (χ1) is 13.1. The van der Waals surface area contributed by atoms with Crippen LogP contribution in [0.4, 0.5) is 13.2 Å². The van der Waals surface area contributed by atoms with E-state index in [9.17, 15) is 18.0 Å². The SMILES string of the molecule is Cc1nn(C)c(C)c1CC(=O)OCc1nc(-c2cccc(C(F)(F)F)c2)no1. The van der Waals surface area contributed by atoms with E-state index in [2.05, 4.69) is 15.2 Å². The fourth-order valence-corrected chi connectivity index (χ4v) is 2.68. The molecule has 0 aliphatic rings. The van der Waals surface area contributed by atoms with E-state index in [-0.39, 0.29) is 30.3 Å². The van der Waals surface area contributed by atoms with Gasteiger partial charge in [0.1, 0.15) is 0 Å². The van der Waals surface area contributed by atoms with E-state index in [1.165, 1.54) is 12.1 Å². The van der Waals surface area contributed by atoms with E-state index in [0.717, 1.165) is 29.1 Å². The fourth-order valence-electron chi connectivity index (χ4n) is 2.68. The van der Waals surface area contributed by atoms with Gasteiger partial charge in [0, 0.05) is 23.9 Å². The molecule has 10 heteroatoms. The molecule has 3 rings (SSSR count). The molecule has 1 aromatic carbocycles. The van der Waals surface area contributed by atoms with Crippen molar-refractivity contribution in [1.29, 1.82) is 0 Å². The van der Waals surface area contributed by atoms with Gasteiger partial charge in [0.2, 0.25) is 5.82 Å². The number of aromatic nitrogens is 4. The van der Waals surface area contributed by atoms with E-state index in [4.69, 9.17) is 9.26 Å². The first kappa shape index (κ1) is 19.6. The maximum Gasteiger partial charge on any atom is 0.416 e. The summed E-state index contributed by atoms with van der Waals surface area (Å²) in [4.78, 5) is 16.0. The third kappa shape index (κ3) is 4.21. The molecular weight excluding hydrogens is 377 g/mol. The number of alkyl halides is 3. The topological polar surface area (TPSA) is 83.0 Å². The number of nitrogens with zero attached hydrogens (tertiary/aromatic N) is 4. The summed E-state index contributed by atoms with van der Waals surface area (Å²) in [6, 6.07) is 4.57. The third-order valence-corrected chi connectivity index (χ3v) is 4.25. The molecular formula is C18H17F3N4O3. The molecule has 0 atom stereocenters. The molecule has 0 bridgehead atoms. The molecule has 0 unspecified atom stereocenters. The lowest BCUT2D eigenvalue weighted by atomic mass is 10.1. The van der Waals surface area contributed by atoms with Gasteiger partial charge in [0.05, 0.1) is 17.7 Å². The van der Waals surface area contributed by atoms with Crippen LogP contribution in [0.25, 0.3) is 11.4 Å². The van der Waals surface area contributed by atoms with E-state index >= 15 is 0 Å². The van der Waals surface area contributed by atoms with Crippen LogP contribution in [0.3, 0.4) is 0 Å². The third-order valence-electron chi connectivity index (χ3n) is 4.25. The summed E-state index contributed by atoms with van der Waals surface area (Å²) in [5.41, 5.74) is 1.71. The molecule has 0 aliphatic heterocycles. The minimum absolute atomic E-state index is 0.0135. The summed E-state index contributed by atoms with van der Waals surface area (Å²) >= 11 is 0. The first-order valence-corrected chi connectivity index (χ1v) is 8.30. The Labute approximate surface area is 158 Å². The average Bonchev–Trinajstić information content (AvgIpc) is 3.20. The number of benzene rings is 1. The number of hydrogen-bond acceptors (Lipinski definition) is 6. The minimum Gasteiger partial charge on any atom is -0.455 e. The molecule has 28 heavy (non-hydrogen) atoms. The maximum absolute atomic E-state index is 12.8. The van der Waals surface area contributed by atoms with Crippen molar-refractivity contribution in [2.45, 2.75) is 33.1 Å². The van der Waals surface area contributed by atoms with Gasteiger partial charge in [-0.3, -0.25) is 9.48 Å². The average molecular weight is 394 g/mol. The number of hydrogen-bond donors (Lipinski definition) is 0. The monoisotopic (exact) mass is 394 g/mol. The van der Waals surface area contributed by atoms with Crippen molar-refractivity contribution >= 4 is 5.97 Å². The lowest BCUT2D eigenvalue weighted by molar-refractivity contribution is -0.145. The normalized spacial score (nSPS) is 11.6. The quantitative estimate of drug-likeness (QED) is 0.617. The molecule has 0 spiro atoms. The minimum atomic E-state index is -4.47. The van der Waals surface area contributed by atoms with Crippen LogP contribution in [0.5, 0.6) is 0 Å². The van der Waals surface area contributed by atoms with Crippen LogP contribution < -0.4 is 0 Å². The van der Waals surface area contributed by atoms with Gasteiger partial charge in [-0.2, -0.15) is 23.3 Å². The number of rotatable bonds is 5. The lowest BCUT2D eigenvalue weighted by Gasteiger charge is -2.06. The van der Waals surface area contributed by atoms with Crippen LogP contribution in [-0.2, 0) is 35.8 Å². The molecule has 0 saturated heterocycles. The van der Waals surface area contributed by atoms with Gasteiger partial charge in [-0.1, -0.05) is 17.3 Å². The first-order valence-electron chi connectivity index (χ1n) is 8.30. The lowest BCUT2D eigenvalue weighted by Crippen LogP contribution is -2.09. The molecule has 0 amide bonds. The van der Waals surface area contributed by atoms with Crippen LogP contribution in [0.15, 0.2) is 28.8 Å². The molecule has 0 radical (unpaired) electrons. The second kappa shape index (κ2) is 7.45. The predicted molar refractivity (Wildman–Crippen MR) is 90.9 cm³/mol. The molecule has 0 N–H and O–H groups in total. The number of carbonyl (C=O) groups is 1. The van der Waals surface area contributed by atoms with E-state index in [0.29, 0.717) is 0 Å². The van der Waals surface area contributed by atoms with Gasteiger partial charge in [-0.15, -0.1) is 0 Å². The Hall–Kier alpha value is -3.17. The van der Waals surface area contributed by atoms with Crippen molar-refractivity contribution in [3.63, 3.8) is 0 Å². The number of halogens is 3. The summed E-state index contributed by atoms with van der Waals surface area (Å²) in [6.45, 7) is 3.38. The van der Waals surface area contributed by atoms with Crippen molar-refractivity contribution in [1.82, 2.24) is 19.9 Å². The Morgan fingerprint density at radius 1 is 1.29 bits per heavy atom. The molecule has 2 aromatic heterocycles. The summed E-state index contributed by atoms with van der Waals surface area (Å²) in [7, 11) is 1.78. The molecule has 2 heterocycles. The van der Waals surface area contributed by atoms with Crippen LogP contribution in [-0.4, -0.2) is 25.9 Å². The Morgan fingerprint density at radius 3 is 2.68 bits per heavy atom. The van der Waals surface area contributed by atoms with Crippen LogP contribution in [0, 0.1) is 13.8 Å². The summed E-state index contributed by atoms with van der Waals surface area (Å²) in [5.74, 6) is -0.533. The van der Waals surface area contributed by atoms with Gasteiger partial charge >= 0.3 is 12.1 Å². The number of esters is 1. The van der Waals surface area contributed by atoms with Crippen LogP contribution in [0.2, 0.25) is 0 Å². The van der Waals surface area contributed by atoms with Crippen molar-refractivity contribution in [2.24, 2.45) is 7.05 Å². The van der Waals surface area contributed by atoms with Crippen molar-refractivity contribution in [3.8, 4) is 11.4 Å². The molecule has 148 valence electrons. The highest BCUT2D eigenvalue weighted by atomic mass is 19.4. The van der Waals surface area contributed by atoms with Gasteiger partial charge < -0.3 is 9.26 Å². The summed E-state index contributed by atoms with van der Waals surface area (Å²) in [6.07, 6.45) is -4.43. The van der Waals surface area contributed by atoms with Gasteiger partial charge in [0.25, 0.3) is 5.89 Å². The van der Waals surface area contributed by atoms with E-state index in [1.54, 1.807) is 18.7 Å². The van der Waals surface area contributed by atoms with Crippen molar-refractivity contribution in [3.05, 3.63) is 52.7 Å². The van der Waals surface area contributed by atoms with Gasteiger partial charge in [-0.25, -0.2) is 0 Å². The highest BCUT2D eigenvalue weighted by molar-refractivity contribution is 5.73. The Morgan fingerprint density at radius 2 is 2.04 bits per heavy atom. The Bertz CT molecular complexity index is 1010. The second-order valence-corrected chi connectivity index (χ2v) is 6.20. The van der Waals surface area contributed by atoms with E-state index < -0.39 is 17.7 Å². The predicted octanol–water partition coefficient (Wildman–Crippen LogP) is 3.39. The standard InChI is InChI=1S/C18H17F3N4O3/c1-10-14(11(2)25(3)23-10)8-16(26)27-9-15-22-17(24-28-15)12-5-4-6-13(7-12)18(19,20)21/h4-7H,8-9H2,1-3H3. The summed E-state index contributed by atoms with van der Waals surface area (Å²) in [5, 5.41) is 7.88. The largest absolute Gasteiger partial charge is 0.455 e.